The number of halogens is 1. The van der Waals surface area contributed by atoms with Crippen LogP contribution in [0.1, 0.15) is 31.2 Å². The largest absolute Gasteiger partial charge is 0.356 e. The molecule has 0 saturated heterocycles. The van der Waals surface area contributed by atoms with Crippen LogP contribution in [0.4, 0.5) is 0 Å². The number of rotatable bonds is 6. The van der Waals surface area contributed by atoms with Crippen molar-refractivity contribution in [1.82, 2.24) is 10.6 Å². The van der Waals surface area contributed by atoms with Gasteiger partial charge in [0.2, 0.25) is 0 Å². The molecule has 1 aromatic carbocycles. The van der Waals surface area contributed by atoms with Gasteiger partial charge in [-0.15, -0.1) is 0 Å². The average molecular weight is 416 g/mol. The Morgan fingerprint density at radius 3 is 2.38 bits per heavy atom. The van der Waals surface area contributed by atoms with Crippen molar-refractivity contribution in [2.24, 2.45) is 4.99 Å². The highest BCUT2D eigenvalue weighted by atomic mass is 79.9. The Hall–Kier alpha value is -1.08. The van der Waals surface area contributed by atoms with Crippen molar-refractivity contribution in [2.75, 3.05) is 32.1 Å². The fraction of sp³-hybridized carbons (Fsp3) is 0.588. The van der Waals surface area contributed by atoms with E-state index in [-0.39, 0.29) is 11.2 Å². The maximum Gasteiger partial charge on any atom is 0.191 e. The molecule has 1 saturated carbocycles. The number of hydrogen-bond donors (Lipinski definition) is 2. The molecule has 24 heavy (non-hydrogen) atoms. The van der Waals surface area contributed by atoms with Crippen LogP contribution in [-0.4, -0.2) is 46.5 Å². The SMILES string of the molecule is CN=C(NCCS(C)(=O)=O)NCC1(c2ccc(Br)cc2)CCCC1. The molecule has 0 aliphatic heterocycles. The van der Waals surface area contributed by atoms with Gasteiger partial charge in [0, 0.05) is 36.3 Å². The summed E-state index contributed by atoms with van der Waals surface area (Å²) >= 11 is 3.50. The van der Waals surface area contributed by atoms with Gasteiger partial charge in [-0.2, -0.15) is 0 Å². The highest BCUT2D eigenvalue weighted by molar-refractivity contribution is 9.10. The van der Waals surface area contributed by atoms with Gasteiger partial charge in [0.05, 0.1) is 5.75 Å². The van der Waals surface area contributed by atoms with E-state index in [1.165, 1.54) is 24.7 Å². The molecule has 2 rings (SSSR count). The molecule has 0 aromatic heterocycles. The Morgan fingerprint density at radius 2 is 1.83 bits per heavy atom. The van der Waals surface area contributed by atoms with E-state index in [9.17, 15) is 8.42 Å². The predicted molar refractivity (Wildman–Crippen MR) is 103 cm³/mol. The van der Waals surface area contributed by atoms with Gasteiger partial charge >= 0.3 is 0 Å². The highest BCUT2D eigenvalue weighted by Crippen LogP contribution is 2.40. The molecule has 2 N–H and O–H groups in total. The third kappa shape index (κ3) is 5.48. The smallest absolute Gasteiger partial charge is 0.191 e. The number of benzene rings is 1. The van der Waals surface area contributed by atoms with Gasteiger partial charge in [0.15, 0.2) is 5.96 Å². The average Bonchev–Trinajstić information content (AvgIpc) is 3.00. The lowest BCUT2D eigenvalue weighted by atomic mass is 9.79. The first kappa shape index (κ1) is 19.2. The van der Waals surface area contributed by atoms with E-state index < -0.39 is 9.84 Å². The maximum atomic E-state index is 11.2. The molecule has 1 aliphatic rings. The van der Waals surface area contributed by atoms with E-state index in [0.717, 1.165) is 23.9 Å². The summed E-state index contributed by atoms with van der Waals surface area (Å²) in [6, 6.07) is 8.57. The second-order valence-electron chi connectivity index (χ2n) is 6.48. The lowest BCUT2D eigenvalue weighted by Crippen LogP contribution is -2.45. The van der Waals surface area contributed by atoms with Crippen molar-refractivity contribution in [1.29, 1.82) is 0 Å². The molecular weight excluding hydrogens is 390 g/mol. The summed E-state index contributed by atoms with van der Waals surface area (Å²) in [7, 11) is -1.26. The van der Waals surface area contributed by atoms with Crippen molar-refractivity contribution in [3.63, 3.8) is 0 Å². The normalized spacial score (nSPS) is 17.7. The second-order valence-corrected chi connectivity index (χ2v) is 9.65. The number of sulfone groups is 1. The van der Waals surface area contributed by atoms with E-state index in [1.54, 1.807) is 7.05 Å². The topological polar surface area (TPSA) is 70.6 Å². The molecule has 0 amide bonds. The molecule has 1 fully saturated rings. The van der Waals surface area contributed by atoms with Gasteiger partial charge in [0.25, 0.3) is 0 Å². The molecule has 7 heteroatoms. The van der Waals surface area contributed by atoms with Gasteiger partial charge in [-0.3, -0.25) is 4.99 Å². The summed E-state index contributed by atoms with van der Waals surface area (Å²) in [6.45, 7) is 1.16. The van der Waals surface area contributed by atoms with Gasteiger partial charge < -0.3 is 10.6 Å². The van der Waals surface area contributed by atoms with Crippen LogP contribution < -0.4 is 10.6 Å². The van der Waals surface area contributed by atoms with Crippen molar-refractivity contribution in [3.8, 4) is 0 Å². The van der Waals surface area contributed by atoms with Crippen LogP contribution in [0.5, 0.6) is 0 Å². The van der Waals surface area contributed by atoms with Crippen molar-refractivity contribution in [3.05, 3.63) is 34.3 Å². The Kier molecular flexibility index (Phi) is 6.69. The minimum absolute atomic E-state index is 0.103. The summed E-state index contributed by atoms with van der Waals surface area (Å²) in [5.41, 5.74) is 1.47. The Morgan fingerprint density at radius 1 is 1.21 bits per heavy atom. The van der Waals surface area contributed by atoms with E-state index >= 15 is 0 Å². The minimum Gasteiger partial charge on any atom is -0.356 e. The molecule has 0 spiro atoms. The van der Waals surface area contributed by atoms with E-state index in [0.29, 0.717) is 12.5 Å². The number of aliphatic imine (C=N–C) groups is 1. The number of hydrogen-bond acceptors (Lipinski definition) is 3. The number of guanidine groups is 1. The Bertz CT molecular complexity index is 666. The van der Waals surface area contributed by atoms with Crippen LogP contribution in [0.2, 0.25) is 0 Å². The van der Waals surface area contributed by atoms with Gasteiger partial charge in [0.1, 0.15) is 9.84 Å². The van der Waals surface area contributed by atoms with Crippen LogP contribution >= 0.6 is 15.9 Å². The first-order valence-corrected chi connectivity index (χ1v) is 11.1. The van der Waals surface area contributed by atoms with Gasteiger partial charge in [-0.25, -0.2) is 8.42 Å². The molecule has 0 heterocycles. The Labute approximate surface area is 153 Å². The third-order valence-corrected chi connectivity index (χ3v) is 6.07. The second kappa shape index (κ2) is 8.34. The highest BCUT2D eigenvalue weighted by Gasteiger charge is 2.35. The molecule has 0 bridgehead atoms. The zero-order valence-electron chi connectivity index (χ0n) is 14.3. The molecule has 1 aliphatic carbocycles. The summed E-state index contributed by atoms with van der Waals surface area (Å²) in [6.07, 6.45) is 6.02. The quantitative estimate of drug-likeness (QED) is 0.552. The predicted octanol–water partition coefficient (Wildman–Crippen LogP) is 2.47. The number of nitrogens with zero attached hydrogens (tertiary/aromatic N) is 1. The van der Waals surface area contributed by atoms with Crippen molar-refractivity contribution < 1.29 is 8.42 Å². The lowest BCUT2D eigenvalue weighted by molar-refractivity contribution is 0.432. The summed E-state index contributed by atoms with van der Waals surface area (Å²) in [5, 5.41) is 6.46. The standard InChI is InChI=1S/C17H26BrN3O2S/c1-19-16(20-11-12-24(2,22)23)21-13-17(9-3-4-10-17)14-5-7-15(18)8-6-14/h5-8H,3-4,9-13H2,1-2H3,(H2,19,20,21). The third-order valence-electron chi connectivity index (χ3n) is 4.60. The zero-order chi connectivity index (χ0) is 17.6. The Balaban J connectivity index is 1.99. The molecular formula is C17H26BrN3O2S. The van der Waals surface area contributed by atoms with Crippen molar-refractivity contribution >= 4 is 31.7 Å². The van der Waals surface area contributed by atoms with Gasteiger partial charge in [-0.1, -0.05) is 40.9 Å². The zero-order valence-corrected chi connectivity index (χ0v) is 16.7. The van der Waals surface area contributed by atoms with E-state index in [2.05, 4.69) is 55.8 Å². The van der Waals surface area contributed by atoms with Crippen LogP contribution in [0.25, 0.3) is 0 Å². The van der Waals surface area contributed by atoms with Crippen LogP contribution in [0, 0.1) is 0 Å². The van der Waals surface area contributed by atoms with Gasteiger partial charge in [-0.05, 0) is 30.5 Å². The lowest BCUT2D eigenvalue weighted by Gasteiger charge is -2.31. The molecule has 134 valence electrons. The van der Waals surface area contributed by atoms with Crippen molar-refractivity contribution in [2.45, 2.75) is 31.1 Å². The van der Waals surface area contributed by atoms with E-state index in [4.69, 9.17) is 0 Å². The van der Waals surface area contributed by atoms with E-state index in [1.807, 2.05) is 0 Å². The summed E-state index contributed by atoms with van der Waals surface area (Å²) < 4.78 is 23.5. The minimum atomic E-state index is -2.97. The summed E-state index contributed by atoms with van der Waals surface area (Å²) in [4.78, 5) is 4.20. The first-order chi connectivity index (χ1) is 11.3. The summed E-state index contributed by atoms with van der Waals surface area (Å²) in [5.74, 6) is 0.757. The molecule has 5 nitrogen and oxygen atoms in total. The fourth-order valence-corrected chi connectivity index (χ4v) is 3.99. The number of nitrogens with one attached hydrogen (secondary N) is 2. The maximum absolute atomic E-state index is 11.2. The van der Waals surface area contributed by atoms with Crippen LogP contribution in [0.15, 0.2) is 33.7 Å². The molecule has 0 atom stereocenters. The fourth-order valence-electron chi connectivity index (χ4n) is 3.25. The molecule has 1 aromatic rings. The first-order valence-electron chi connectivity index (χ1n) is 8.23. The van der Waals surface area contributed by atoms with Crippen LogP contribution in [0.3, 0.4) is 0 Å². The monoisotopic (exact) mass is 415 g/mol. The van der Waals surface area contributed by atoms with Crippen LogP contribution in [-0.2, 0) is 15.3 Å². The molecule has 0 unspecified atom stereocenters. The molecule has 0 radical (unpaired) electrons.